The largest absolute Gasteiger partial charge is 0.366 e. The molecule has 1 N–H and O–H groups in total. The number of non-ortho nitro benzene ring substituents is 1. The van der Waals surface area contributed by atoms with Gasteiger partial charge in [-0.1, -0.05) is 30.3 Å². The van der Waals surface area contributed by atoms with E-state index in [-0.39, 0.29) is 24.1 Å². The van der Waals surface area contributed by atoms with Crippen molar-refractivity contribution in [1.29, 1.82) is 0 Å². The van der Waals surface area contributed by atoms with E-state index in [1.165, 1.54) is 23.4 Å². The van der Waals surface area contributed by atoms with Crippen molar-refractivity contribution >= 4 is 17.3 Å². The average molecular weight is 339 g/mol. The smallest absolute Gasteiger partial charge is 0.269 e. The zero-order chi connectivity index (χ0) is 17.8. The summed E-state index contributed by atoms with van der Waals surface area (Å²) in [6.45, 7) is 3.65. The van der Waals surface area contributed by atoms with Gasteiger partial charge in [-0.3, -0.25) is 14.9 Å². The van der Waals surface area contributed by atoms with Crippen LogP contribution in [-0.4, -0.2) is 30.0 Å². The van der Waals surface area contributed by atoms with E-state index in [2.05, 4.69) is 35.3 Å². The van der Waals surface area contributed by atoms with Gasteiger partial charge in [-0.2, -0.15) is 0 Å². The molecule has 0 bridgehead atoms. The maximum Gasteiger partial charge on any atom is 0.269 e. The molecule has 1 aliphatic rings. The summed E-state index contributed by atoms with van der Waals surface area (Å²) < 4.78 is 0. The molecule has 1 unspecified atom stereocenters. The second-order valence-electron chi connectivity index (χ2n) is 6.33. The van der Waals surface area contributed by atoms with Crippen LogP contribution in [0.25, 0.3) is 0 Å². The highest BCUT2D eigenvalue weighted by Crippen LogP contribution is 2.28. The minimum Gasteiger partial charge on any atom is -0.366 e. The Balaban J connectivity index is 1.51. The van der Waals surface area contributed by atoms with Crippen molar-refractivity contribution in [3.63, 3.8) is 0 Å². The van der Waals surface area contributed by atoms with E-state index in [9.17, 15) is 14.9 Å². The monoisotopic (exact) mass is 339 g/mol. The summed E-state index contributed by atoms with van der Waals surface area (Å²) in [6.07, 6.45) is 1.26. The van der Waals surface area contributed by atoms with Crippen LogP contribution in [0.1, 0.15) is 18.1 Å². The van der Waals surface area contributed by atoms with Gasteiger partial charge in [0.1, 0.15) is 0 Å². The molecule has 2 aromatic carbocycles. The number of anilines is 1. The van der Waals surface area contributed by atoms with E-state index in [1.807, 2.05) is 6.07 Å². The Bertz CT molecular complexity index is 774. The third-order valence-electron chi connectivity index (χ3n) is 4.56. The Hall–Kier alpha value is -2.89. The van der Waals surface area contributed by atoms with Crippen molar-refractivity contribution in [2.24, 2.45) is 0 Å². The number of rotatable bonds is 6. The summed E-state index contributed by atoms with van der Waals surface area (Å²) in [5, 5.41) is 13.6. The first kappa shape index (κ1) is 17.0. The quantitative estimate of drug-likeness (QED) is 0.648. The van der Waals surface area contributed by atoms with Crippen LogP contribution in [0.2, 0.25) is 0 Å². The summed E-state index contributed by atoms with van der Waals surface area (Å²) in [4.78, 5) is 24.7. The SMILES string of the molecule is CC(CNC(=O)Cc1ccc([N+](=O)[O-])cc1)N1CCc2ccccc21. The zero-order valence-electron chi connectivity index (χ0n) is 14.1. The molecule has 25 heavy (non-hydrogen) atoms. The van der Waals surface area contributed by atoms with E-state index in [0.717, 1.165) is 18.5 Å². The van der Waals surface area contributed by atoms with E-state index in [1.54, 1.807) is 12.1 Å². The molecule has 2 aromatic rings. The molecule has 1 atom stereocenters. The van der Waals surface area contributed by atoms with Crippen molar-refractivity contribution in [3.05, 3.63) is 69.8 Å². The molecule has 0 fully saturated rings. The van der Waals surface area contributed by atoms with E-state index in [4.69, 9.17) is 0 Å². The predicted molar refractivity (Wildman–Crippen MR) is 96.8 cm³/mol. The van der Waals surface area contributed by atoms with Crippen molar-refractivity contribution in [3.8, 4) is 0 Å². The van der Waals surface area contributed by atoms with E-state index >= 15 is 0 Å². The minimum atomic E-state index is -0.445. The fourth-order valence-electron chi connectivity index (χ4n) is 3.18. The van der Waals surface area contributed by atoms with Crippen molar-refractivity contribution in [1.82, 2.24) is 5.32 Å². The Morgan fingerprint density at radius 1 is 1.24 bits per heavy atom. The zero-order valence-corrected chi connectivity index (χ0v) is 14.1. The molecule has 6 heteroatoms. The summed E-state index contributed by atoms with van der Waals surface area (Å²) in [5.41, 5.74) is 3.40. The molecule has 0 saturated heterocycles. The number of amides is 1. The number of hydrogen-bond donors (Lipinski definition) is 1. The molecule has 3 rings (SSSR count). The van der Waals surface area contributed by atoms with Gasteiger partial charge < -0.3 is 10.2 Å². The fourth-order valence-corrected chi connectivity index (χ4v) is 3.18. The number of hydrogen-bond acceptors (Lipinski definition) is 4. The van der Waals surface area contributed by atoms with E-state index < -0.39 is 4.92 Å². The predicted octanol–water partition coefficient (Wildman–Crippen LogP) is 2.70. The van der Waals surface area contributed by atoms with Crippen LogP contribution < -0.4 is 10.2 Å². The summed E-state index contributed by atoms with van der Waals surface area (Å²) in [7, 11) is 0. The second-order valence-corrected chi connectivity index (χ2v) is 6.33. The number of carbonyl (C=O) groups is 1. The second kappa shape index (κ2) is 7.34. The number of para-hydroxylation sites is 1. The lowest BCUT2D eigenvalue weighted by Crippen LogP contribution is -2.41. The Labute approximate surface area is 146 Å². The summed E-state index contributed by atoms with van der Waals surface area (Å²) in [6, 6.07) is 14.7. The molecule has 0 spiro atoms. The molecule has 1 aliphatic heterocycles. The molecular weight excluding hydrogens is 318 g/mol. The van der Waals surface area contributed by atoms with Crippen LogP contribution in [0, 0.1) is 10.1 Å². The number of carbonyl (C=O) groups excluding carboxylic acids is 1. The average Bonchev–Trinajstić information content (AvgIpc) is 3.04. The molecule has 130 valence electrons. The summed E-state index contributed by atoms with van der Waals surface area (Å²) >= 11 is 0. The van der Waals surface area contributed by atoms with Gasteiger partial charge in [-0.15, -0.1) is 0 Å². The number of fused-ring (bicyclic) bond motifs is 1. The van der Waals surface area contributed by atoms with Gasteiger partial charge in [-0.05, 0) is 30.5 Å². The molecule has 1 amide bonds. The van der Waals surface area contributed by atoms with Gasteiger partial charge in [0, 0.05) is 37.0 Å². The third-order valence-corrected chi connectivity index (χ3v) is 4.56. The van der Waals surface area contributed by atoms with Gasteiger partial charge in [0.2, 0.25) is 5.91 Å². The molecule has 6 nitrogen and oxygen atoms in total. The fraction of sp³-hybridized carbons (Fsp3) is 0.316. The lowest BCUT2D eigenvalue weighted by molar-refractivity contribution is -0.384. The highest BCUT2D eigenvalue weighted by Gasteiger charge is 2.23. The van der Waals surface area contributed by atoms with Crippen molar-refractivity contribution in [2.45, 2.75) is 25.8 Å². The molecule has 0 aliphatic carbocycles. The van der Waals surface area contributed by atoms with Crippen molar-refractivity contribution in [2.75, 3.05) is 18.0 Å². The maximum atomic E-state index is 12.1. The number of nitrogens with zero attached hydrogens (tertiary/aromatic N) is 2. The van der Waals surface area contributed by atoms with Gasteiger partial charge >= 0.3 is 0 Å². The first-order valence-corrected chi connectivity index (χ1v) is 8.39. The minimum absolute atomic E-state index is 0.0329. The van der Waals surface area contributed by atoms with Crippen LogP contribution in [0.5, 0.6) is 0 Å². The molecule has 0 radical (unpaired) electrons. The van der Waals surface area contributed by atoms with Crippen LogP contribution in [0.3, 0.4) is 0 Å². The van der Waals surface area contributed by atoms with E-state index in [0.29, 0.717) is 6.54 Å². The van der Waals surface area contributed by atoms with Crippen LogP contribution in [-0.2, 0) is 17.6 Å². The van der Waals surface area contributed by atoms with Crippen LogP contribution in [0.4, 0.5) is 11.4 Å². The highest BCUT2D eigenvalue weighted by molar-refractivity contribution is 5.78. The standard InChI is InChI=1S/C19H21N3O3/c1-14(21-11-10-16-4-2-3-5-18(16)21)13-20-19(23)12-15-6-8-17(9-7-15)22(24)25/h2-9,14H,10-13H2,1H3,(H,20,23). The van der Waals surface area contributed by atoms with Gasteiger partial charge in [-0.25, -0.2) is 0 Å². The Kier molecular flexibility index (Phi) is 4.97. The molecule has 1 heterocycles. The number of benzene rings is 2. The van der Waals surface area contributed by atoms with Gasteiger partial charge in [0.15, 0.2) is 0 Å². The Morgan fingerprint density at radius 2 is 1.96 bits per heavy atom. The number of nitro groups is 1. The highest BCUT2D eigenvalue weighted by atomic mass is 16.6. The number of nitro benzene ring substituents is 1. The maximum absolute atomic E-state index is 12.1. The lowest BCUT2D eigenvalue weighted by Gasteiger charge is -2.27. The van der Waals surface area contributed by atoms with Crippen LogP contribution in [0.15, 0.2) is 48.5 Å². The number of nitrogens with one attached hydrogen (secondary N) is 1. The van der Waals surface area contributed by atoms with Crippen molar-refractivity contribution < 1.29 is 9.72 Å². The van der Waals surface area contributed by atoms with Gasteiger partial charge in [0.25, 0.3) is 5.69 Å². The molecule has 0 saturated carbocycles. The first-order valence-electron chi connectivity index (χ1n) is 8.39. The summed E-state index contributed by atoms with van der Waals surface area (Å²) in [5.74, 6) is -0.0758. The van der Waals surface area contributed by atoms with Crippen LogP contribution >= 0.6 is 0 Å². The lowest BCUT2D eigenvalue weighted by atomic mass is 10.1. The molecular formula is C19H21N3O3. The van der Waals surface area contributed by atoms with Gasteiger partial charge in [0.05, 0.1) is 11.3 Å². The molecule has 0 aromatic heterocycles. The topological polar surface area (TPSA) is 75.5 Å². The first-order chi connectivity index (χ1) is 12.0. The normalized spacial score (nSPS) is 14.0. The third kappa shape index (κ3) is 3.96. The Morgan fingerprint density at radius 3 is 2.68 bits per heavy atom.